The van der Waals surface area contributed by atoms with Gasteiger partial charge in [0, 0.05) is 6.04 Å². The topological polar surface area (TPSA) is 86.2 Å². The van der Waals surface area contributed by atoms with Crippen molar-refractivity contribution in [2.45, 2.75) is 17.9 Å². The van der Waals surface area contributed by atoms with Crippen molar-refractivity contribution in [3.05, 3.63) is 29.8 Å². The Morgan fingerprint density at radius 3 is 2.46 bits per heavy atom. The van der Waals surface area contributed by atoms with E-state index in [0.717, 1.165) is 5.56 Å². The second-order valence-corrected chi connectivity index (χ2v) is 4.47. The van der Waals surface area contributed by atoms with Gasteiger partial charge in [-0.25, -0.2) is 13.6 Å². The second-order valence-electron chi connectivity index (χ2n) is 2.91. The Balaban J connectivity index is 3.21. The molecule has 0 aliphatic heterocycles. The molecular formula is C8H12N2O2S. The van der Waals surface area contributed by atoms with Crippen molar-refractivity contribution in [1.82, 2.24) is 0 Å². The molecule has 0 aliphatic carbocycles. The van der Waals surface area contributed by atoms with Gasteiger partial charge in [-0.05, 0) is 24.6 Å². The first-order valence-electron chi connectivity index (χ1n) is 3.79. The van der Waals surface area contributed by atoms with Crippen LogP contribution in [0.4, 0.5) is 0 Å². The lowest BCUT2D eigenvalue weighted by Gasteiger charge is -2.06. The predicted octanol–water partition coefficient (Wildman–Crippen LogP) is 0.354. The van der Waals surface area contributed by atoms with E-state index in [9.17, 15) is 8.42 Å². The molecule has 0 heterocycles. The van der Waals surface area contributed by atoms with Crippen molar-refractivity contribution in [2.75, 3.05) is 0 Å². The molecule has 1 atom stereocenters. The Morgan fingerprint density at radius 2 is 2.00 bits per heavy atom. The van der Waals surface area contributed by atoms with Gasteiger partial charge in [-0.3, -0.25) is 0 Å². The number of nitrogens with two attached hydrogens (primary N) is 2. The quantitative estimate of drug-likeness (QED) is 0.722. The summed E-state index contributed by atoms with van der Waals surface area (Å²) in [6.07, 6.45) is 0. The number of hydrogen-bond acceptors (Lipinski definition) is 3. The van der Waals surface area contributed by atoms with Crippen molar-refractivity contribution in [3.63, 3.8) is 0 Å². The first kappa shape index (κ1) is 10.2. The standard InChI is InChI=1S/C8H12N2O2S/c1-6(9)7-3-2-4-8(5-7)13(10,11)12/h2-6H,9H2,1H3,(H2,10,11,12). The summed E-state index contributed by atoms with van der Waals surface area (Å²) in [5.74, 6) is 0. The Morgan fingerprint density at radius 1 is 1.38 bits per heavy atom. The third-order valence-electron chi connectivity index (χ3n) is 1.71. The van der Waals surface area contributed by atoms with Crippen LogP contribution in [0.5, 0.6) is 0 Å². The van der Waals surface area contributed by atoms with Crippen LogP contribution < -0.4 is 10.9 Å². The Bertz CT molecular complexity index is 398. The molecule has 72 valence electrons. The highest BCUT2D eigenvalue weighted by molar-refractivity contribution is 7.89. The van der Waals surface area contributed by atoms with Crippen LogP contribution in [0.15, 0.2) is 29.2 Å². The van der Waals surface area contributed by atoms with Crippen molar-refractivity contribution >= 4 is 10.0 Å². The SMILES string of the molecule is CC(N)c1cccc(S(N)(=O)=O)c1. The molecule has 5 heteroatoms. The number of primary sulfonamides is 1. The van der Waals surface area contributed by atoms with E-state index in [4.69, 9.17) is 10.9 Å². The van der Waals surface area contributed by atoms with Gasteiger partial charge in [0.15, 0.2) is 0 Å². The van der Waals surface area contributed by atoms with E-state index < -0.39 is 10.0 Å². The number of hydrogen-bond donors (Lipinski definition) is 2. The van der Waals surface area contributed by atoms with Gasteiger partial charge >= 0.3 is 0 Å². The molecule has 0 aliphatic rings. The molecular weight excluding hydrogens is 188 g/mol. The normalized spacial score (nSPS) is 14.1. The zero-order valence-corrected chi connectivity index (χ0v) is 8.08. The minimum Gasteiger partial charge on any atom is -0.324 e. The van der Waals surface area contributed by atoms with Crippen LogP contribution >= 0.6 is 0 Å². The van der Waals surface area contributed by atoms with E-state index in [1.54, 1.807) is 19.1 Å². The fourth-order valence-electron chi connectivity index (χ4n) is 0.975. The van der Waals surface area contributed by atoms with Crippen molar-refractivity contribution < 1.29 is 8.42 Å². The third kappa shape index (κ3) is 2.51. The van der Waals surface area contributed by atoms with E-state index in [0.29, 0.717) is 0 Å². The number of sulfonamides is 1. The molecule has 1 aromatic rings. The van der Waals surface area contributed by atoms with Crippen LogP contribution in [0.25, 0.3) is 0 Å². The average Bonchev–Trinajstić information content (AvgIpc) is 2.03. The summed E-state index contributed by atoms with van der Waals surface area (Å²) in [6, 6.07) is 6.13. The molecule has 0 radical (unpaired) electrons. The molecule has 0 saturated carbocycles. The van der Waals surface area contributed by atoms with E-state index in [1.807, 2.05) is 0 Å². The molecule has 0 amide bonds. The molecule has 1 rings (SSSR count). The summed E-state index contributed by atoms with van der Waals surface area (Å²) < 4.78 is 21.9. The second kappa shape index (κ2) is 3.45. The maximum Gasteiger partial charge on any atom is 0.238 e. The van der Waals surface area contributed by atoms with Crippen molar-refractivity contribution in [3.8, 4) is 0 Å². The van der Waals surface area contributed by atoms with Gasteiger partial charge in [-0.2, -0.15) is 0 Å². The predicted molar refractivity (Wildman–Crippen MR) is 50.4 cm³/mol. The molecule has 4 nitrogen and oxygen atoms in total. The maximum atomic E-state index is 10.9. The van der Waals surface area contributed by atoms with Crippen LogP contribution in [0.2, 0.25) is 0 Å². The summed E-state index contributed by atoms with van der Waals surface area (Å²) in [4.78, 5) is 0.0994. The van der Waals surface area contributed by atoms with Crippen LogP contribution in [-0.4, -0.2) is 8.42 Å². The highest BCUT2D eigenvalue weighted by Crippen LogP contribution is 2.14. The van der Waals surface area contributed by atoms with Gasteiger partial charge < -0.3 is 5.73 Å². The van der Waals surface area contributed by atoms with Crippen LogP contribution in [0.3, 0.4) is 0 Å². The van der Waals surface area contributed by atoms with Gasteiger partial charge in [0.2, 0.25) is 10.0 Å². The first-order valence-corrected chi connectivity index (χ1v) is 5.34. The molecule has 0 saturated heterocycles. The molecule has 0 bridgehead atoms. The largest absolute Gasteiger partial charge is 0.324 e. The Kier molecular flexibility index (Phi) is 2.70. The van der Waals surface area contributed by atoms with Gasteiger partial charge in [0.25, 0.3) is 0 Å². The zero-order chi connectivity index (χ0) is 10.1. The van der Waals surface area contributed by atoms with Gasteiger partial charge in [0.1, 0.15) is 0 Å². The molecule has 4 N–H and O–H groups in total. The smallest absolute Gasteiger partial charge is 0.238 e. The Hall–Kier alpha value is -0.910. The lowest BCUT2D eigenvalue weighted by Crippen LogP contribution is -2.13. The Labute approximate surface area is 77.6 Å². The van der Waals surface area contributed by atoms with Gasteiger partial charge in [-0.1, -0.05) is 12.1 Å². The molecule has 0 spiro atoms. The highest BCUT2D eigenvalue weighted by atomic mass is 32.2. The summed E-state index contributed by atoms with van der Waals surface area (Å²) in [6.45, 7) is 1.78. The fraction of sp³-hybridized carbons (Fsp3) is 0.250. The molecule has 0 fully saturated rings. The lowest BCUT2D eigenvalue weighted by molar-refractivity contribution is 0.597. The van der Waals surface area contributed by atoms with Crippen LogP contribution in [-0.2, 0) is 10.0 Å². The van der Waals surface area contributed by atoms with Crippen LogP contribution in [0.1, 0.15) is 18.5 Å². The van der Waals surface area contributed by atoms with Crippen LogP contribution in [0, 0.1) is 0 Å². The number of rotatable bonds is 2. The first-order chi connectivity index (χ1) is 5.91. The summed E-state index contributed by atoms with van der Waals surface area (Å²) in [5.41, 5.74) is 6.35. The molecule has 13 heavy (non-hydrogen) atoms. The van der Waals surface area contributed by atoms with E-state index in [2.05, 4.69) is 0 Å². The number of benzene rings is 1. The van der Waals surface area contributed by atoms with Crippen molar-refractivity contribution in [1.29, 1.82) is 0 Å². The fourth-order valence-corrected chi connectivity index (χ4v) is 1.54. The maximum absolute atomic E-state index is 10.9. The molecule has 1 unspecified atom stereocenters. The minimum absolute atomic E-state index is 0.0994. The third-order valence-corrected chi connectivity index (χ3v) is 2.62. The monoisotopic (exact) mass is 200 g/mol. The van der Waals surface area contributed by atoms with E-state index in [1.165, 1.54) is 12.1 Å². The highest BCUT2D eigenvalue weighted by Gasteiger charge is 2.08. The van der Waals surface area contributed by atoms with E-state index in [-0.39, 0.29) is 10.9 Å². The lowest BCUT2D eigenvalue weighted by atomic mass is 10.1. The van der Waals surface area contributed by atoms with E-state index >= 15 is 0 Å². The average molecular weight is 200 g/mol. The molecule has 0 aromatic heterocycles. The summed E-state index contributed by atoms with van der Waals surface area (Å²) >= 11 is 0. The van der Waals surface area contributed by atoms with Crippen molar-refractivity contribution in [2.24, 2.45) is 10.9 Å². The summed E-state index contributed by atoms with van der Waals surface area (Å²) in [7, 11) is -3.61. The molecule has 1 aromatic carbocycles. The van der Waals surface area contributed by atoms with Gasteiger partial charge in [-0.15, -0.1) is 0 Å². The minimum atomic E-state index is -3.61. The summed E-state index contributed by atoms with van der Waals surface area (Å²) in [5, 5.41) is 4.96. The van der Waals surface area contributed by atoms with Gasteiger partial charge in [0.05, 0.1) is 4.90 Å². The zero-order valence-electron chi connectivity index (χ0n) is 7.27.